The lowest BCUT2D eigenvalue weighted by Crippen LogP contribution is -2.28. The maximum atomic E-state index is 11.9. The van der Waals surface area contributed by atoms with Gasteiger partial charge in [-0.1, -0.05) is 0 Å². The zero-order valence-corrected chi connectivity index (χ0v) is 8.17. The molecule has 0 fully saturated rings. The van der Waals surface area contributed by atoms with Gasteiger partial charge in [-0.15, -0.1) is 0 Å². The molecule has 0 aliphatic carbocycles. The van der Waals surface area contributed by atoms with Crippen LogP contribution >= 0.6 is 0 Å². The van der Waals surface area contributed by atoms with Crippen molar-refractivity contribution in [2.24, 2.45) is 0 Å². The Bertz CT molecular complexity index is 444. The summed E-state index contributed by atoms with van der Waals surface area (Å²) in [5.41, 5.74) is 1.41. The average Bonchev–Trinajstić information content (AvgIpc) is 2.57. The standard InChI is InChI=1S/C9H9F3N4/c10-9(11,12)5-14-4-8-15-6-1-2-13-3-7(6)16-8/h1-3,14H,4-5H2,(H,15,16). The maximum absolute atomic E-state index is 11.9. The molecule has 0 unspecified atom stereocenters. The van der Waals surface area contributed by atoms with E-state index in [1.807, 2.05) is 0 Å². The van der Waals surface area contributed by atoms with Gasteiger partial charge in [-0.25, -0.2) is 4.98 Å². The molecule has 0 spiro atoms. The van der Waals surface area contributed by atoms with Crippen molar-refractivity contribution in [2.75, 3.05) is 6.54 Å². The molecular formula is C9H9F3N4. The van der Waals surface area contributed by atoms with Gasteiger partial charge >= 0.3 is 6.18 Å². The van der Waals surface area contributed by atoms with Crippen LogP contribution in [0.5, 0.6) is 0 Å². The number of aromatic nitrogens is 3. The number of H-pyrrole nitrogens is 1. The summed E-state index contributed by atoms with van der Waals surface area (Å²) in [7, 11) is 0. The Morgan fingerprint density at radius 3 is 2.88 bits per heavy atom. The van der Waals surface area contributed by atoms with E-state index in [1.165, 1.54) is 0 Å². The summed E-state index contributed by atoms with van der Waals surface area (Å²) in [6, 6.07) is 1.69. The van der Waals surface area contributed by atoms with Crippen LogP contribution < -0.4 is 5.32 Å². The Hall–Kier alpha value is -1.63. The molecule has 0 atom stereocenters. The molecule has 0 saturated carbocycles. The monoisotopic (exact) mass is 230 g/mol. The van der Waals surface area contributed by atoms with Gasteiger partial charge in [0.1, 0.15) is 5.82 Å². The minimum absolute atomic E-state index is 0.0498. The molecule has 0 radical (unpaired) electrons. The van der Waals surface area contributed by atoms with Crippen molar-refractivity contribution >= 4 is 11.0 Å². The van der Waals surface area contributed by atoms with Gasteiger partial charge in [0.05, 0.1) is 30.3 Å². The van der Waals surface area contributed by atoms with Crippen molar-refractivity contribution in [2.45, 2.75) is 12.7 Å². The van der Waals surface area contributed by atoms with Crippen LogP contribution in [0.2, 0.25) is 0 Å². The Labute approximate surface area is 88.9 Å². The number of aromatic amines is 1. The van der Waals surface area contributed by atoms with E-state index in [9.17, 15) is 13.2 Å². The summed E-state index contributed by atoms with van der Waals surface area (Å²) >= 11 is 0. The summed E-state index contributed by atoms with van der Waals surface area (Å²) in [6.07, 6.45) is -1.04. The van der Waals surface area contributed by atoms with Crippen molar-refractivity contribution in [3.05, 3.63) is 24.3 Å². The van der Waals surface area contributed by atoms with Gasteiger partial charge in [0, 0.05) is 6.20 Å². The zero-order chi connectivity index (χ0) is 11.6. The molecule has 2 rings (SSSR count). The lowest BCUT2D eigenvalue weighted by atomic mass is 10.4. The molecule has 2 aromatic rings. The number of hydrogen-bond acceptors (Lipinski definition) is 3. The number of imidazole rings is 1. The predicted molar refractivity (Wildman–Crippen MR) is 51.7 cm³/mol. The number of fused-ring (bicyclic) bond motifs is 1. The summed E-state index contributed by atoms with van der Waals surface area (Å²) < 4.78 is 35.6. The fourth-order valence-corrected chi connectivity index (χ4v) is 1.32. The highest BCUT2D eigenvalue weighted by molar-refractivity contribution is 5.73. The lowest BCUT2D eigenvalue weighted by molar-refractivity contribution is -0.125. The quantitative estimate of drug-likeness (QED) is 0.842. The van der Waals surface area contributed by atoms with E-state index in [1.54, 1.807) is 18.5 Å². The number of rotatable bonds is 3. The van der Waals surface area contributed by atoms with Gasteiger partial charge in [0.2, 0.25) is 0 Å². The molecule has 0 bridgehead atoms. The molecule has 86 valence electrons. The predicted octanol–water partition coefficient (Wildman–Crippen LogP) is 1.61. The van der Waals surface area contributed by atoms with Crippen LogP contribution in [0.4, 0.5) is 13.2 Å². The van der Waals surface area contributed by atoms with Gasteiger partial charge in [0.25, 0.3) is 0 Å². The molecule has 0 aromatic carbocycles. The number of hydrogen-bond donors (Lipinski definition) is 2. The molecule has 2 N–H and O–H groups in total. The summed E-state index contributed by atoms with van der Waals surface area (Å²) in [5, 5.41) is 2.26. The van der Waals surface area contributed by atoms with Crippen LogP contribution in [0.25, 0.3) is 11.0 Å². The third-order valence-electron chi connectivity index (χ3n) is 1.95. The molecule has 16 heavy (non-hydrogen) atoms. The van der Waals surface area contributed by atoms with Crippen molar-refractivity contribution in [3.8, 4) is 0 Å². The van der Waals surface area contributed by atoms with Gasteiger partial charge in [-0.3, -0.25) is 4.98 Å². The molecular weight excluding hydrogens is 221 g/mol. The highest BCUT2D eigenvalue weighted by Crippen LogP contribution is 2.13. The first-order chi connectivity index (χ1) is 7.54. The highest BCUT2D eigenvalue weighted by Gasteiger charge is 2.26. The number of pyridine rings is 1. The molecule has 0 amide bonds. The highest BCUT2D eigenvalue weighted by atomic mass is 19.4. The second-order valence-electron chi connectivity index (χ2n) is 3.30. The second kappa shape index (κ2) is 4.09. The van der Waals surface area contributed by atoms with Crippen molar-refractivity contribution in [1.82, 2.24) is 20.3 Å². The third-order valence-corrected chi connectivity index (χ3v) is 1.95. The van der Waals surface area contributed by atoms with E-state index in [0.717, 1.165) is 0 Å². The van der Waals surface area contributed by atoms with Crippen molar-refractivity contribution < 1.29 is 13.2 Å². The minimum Gasteiger partial charge on any atom is -0.340 e. The normalized spacial score (nSPS) is 12.2. The van der Waals surface area contributed by atoms with Crippen LogP contribution in [-0.2, 0) is 6.54 Å². The van der Waals surface area contributed by atoms with Gasteiger partial charge in [-0.05, 0) is 6.07 Å². The topological polar surface area (TPSA) is 53.6 Å². The van der Waals surface area contributed by atoms with Gasteiger partial charge in [0.15, 0.2) is 0 Å². The summed E-state index contributed by atoms with van der Waals surface area (Å²) in [5.74, 6) is 0.465. The first-order valence-electron chi connectivity index (χ1n) is 4.61. The lowest BCUT2D eigenvalue weighted by Gasteiger charge is -2.05. The SMILES string of the molecule is FC(F)(F)CNCc1nc2ccncc2[nH]1. The molecule has 0 aliphatic rings. The van der Waals surface area contributed by atoms with E-state index in [2.05, 4.69) is 20.3 Å². The van der Waals surface area contributed by atoms with Crippen LogP contribution in [0.3, 0.4) is 0 Å². The Morgan fingerprint density at radius 1 is 1.38 bits per heavy atom. The van der Waals surface area contributed by atoms with Gasteiger partial charge in [-0.2, -0.15) is 13.2 Å². The van der Waals surface area contributed by atoms with E-state index in [-0.39, 0.29) is 6.54 Å². The Balaban J connectivity index is 2.00. The molecule has 0 saturated heterocycles. The summed E-state index contributed by atoms with van der Waals surface area (Å²) in [6.45, 7) is -0.976. The molecule has 2 aromatic heterocycles. The van der Waals surface area contributed by atoms with Crippen LogP contribution in [0.15, 0.2) is 18.5 Å². The first-order valence-corrected chi connectivity index (χ1v) is 4.61. The van der Waals surface area contributed by atoms with Crippen LogP contribution in [0.1, 0.15) is 5.82 Å². The Morgan fingerprint density at radius 2 is 2.19 bits per heavy atom. The molecule has 2 heterocycles. The fraction of sp³-hybridized carbons (Fsp3) is 0.333. The molecule has 4 nitrogen and oxygen atoms in total. The molecule has 7 heteroatoms. The Kier molecular flexibility index (Phi) is 2.78. The third kappa shape index (κ3) is 2.69. The van der Waals surface area contributed by atoms with Crippen molar-refractivity contribution in [3.63, 3.8) is 0 Å². The smallest absolute Gasteiger partial charge is 0.340 e. The maximum Gasteiger partial charge on any atom is 0.401 e. The average molecular weight is 230 g/mol. The van der Waals surface area contributed by atoms with Gasteiger partial charge < -0.3 is 10.3 Å². The molecule has 0 aliphatic heterocycles. The van der Waals surface area contributed by atoms with E-state index in [4.69, 9.17) is 0 Å². The van der Waals surface area contributed by atoms with E-state index in [0.29, 0.717) is 16.9 Å². The number of alkyl halides is 3. The zero-order valence-electron chi connectivity index (χ0n) is 8.17. The first kappa shape index (κ1) is 10.9. The minimum atomic E-state index is -4.20. The number of nitrogens with one attached hydrogen (secondary N) is 2. The largest absolute Gasteiger partial charge is 0.401 e. The number of halogens is 3. The van der Waals surface area contributed by atoms with Crippen molar-refractivity contribution in [1.29, 1.82) is 0 Å². The fourth-order valence-electron chi connectivity index (χ4n) is 1.32. The van der Waals surface area contributed by atoms with Crippen LogP contribution in [-0.4, -0.2) is 27.7 Å². The van der Waals surface area contributed by atoms with Crippen LogP contribution in [0, 0.1) is 0 Å². The van der Waals surface area contributed by atoms with E-state index >= 15 is 0 Å². The van der Waals surface area contributed by atoms with E-state index < -0.39 is 12.7 Å². The second-order valence-corrected chi connectivity index (χ2v) is 3.30. The number of nitrogens with zero attached hydrogens (tertiary/aromatic N) is 2. The summed E-state index contributed by atoms with van der Waals surface area (Å²) in [4.78, 5) is 10.9.